The number of piperidine rings is 1. The van der Waals surface area contributed by atoms with Gasteiger partial charge in [0, 0.05) is 39.1 Å². The Hall–Kier alpha value is -1.31. The second-order valence-corrected chi connectivity index (χ2v) is 7.37. The third-order valence-electron chi connectivity index (χ3n) is 5.08. The Morgan fingerprint density at radius 3 is 2.59 bits per heavy atom. The lowest BCUT2D eigenvalue weighted by Gasteiger charge is -2.40. The number of carbonyl (C=O) groups is 1. The predicted octanol–water partition coefficient (Wildman–Crippen LogP) is 3.61. The van der Waals surface area contributed by atoms with E-state index in [9.17, 15) is 4.79 Å². The van der Waals surface area contributed by atoms with E-state index in [0.29, 0.717) is 24.8 Å². The molecule has 6 heteroatoms. The van der Waals surface area contributed by atoms with Crippen LogP contribution in [-0.2, 0) is 4.79 Å². The number of rotatable bonds is 6. The van der Waals surface area contributed by atoms with Gasteiger partial charge >= 0.3 is 0 Å². The lowest BCUT2D eigenvalue weighted by atomic mass is 9.79. The molecular formula is C21H35IN4O. The first kappa shape index (κ1) is 23.7. The predicted molar refractivity (Wildman–Crippen MR) is 124 cm³/mol. The highest BCUT2D eigenvalue weighted by Gasteiger charge is 2.30. The second kappa shape index (κ2) is 12.2. The molecule has 27 heavy (non-hydrogen) atoms. The number of nitrogens with zero attached hydrogens (tertiary/aromatic N) is 2. The third-order valence-corrected chi connectivity index (χ3v) is 5.08. The molecule has 0 radical (unpaired) electrons. The zero-order valence-electron chi connectivity index (χ0n) is 17.1. The number of likely N-dealkylation sites (tertiary alicyclic amines) is 1. The molecule has 0 aliphatic carbocycles. The molecule has 5 nitrogen and oxygen atoms in total. The summed E-state index contributed by atoms with van der Waals surface area (Å²) in [5, 5.41) is 6.28. The Labute approximate surface area is 181 Å². The van der Waals surface area contributed by atoms with Crippen molar-refractivity contribution in [2.75, 3.05) is 26.7 Å². The van der Waals surface area contributed by atoms with Gasteiger partial charge in [0.2, 0.25) is 5.91 Å². The molecule has 2 atom stereocenters. The average Bonchev–Trinajstić information content (AvgIpc) is 2.65. The normalized spacial score (nSPS) is 20.2. The molecule has 0 aromatic heterocycles. The van der Waals surface area contributed by atoms with Crippen LogP contribution in [0.2, 0.25) is 0 Å². The van der Waals surface area contributed by atoms with Gasteiger partial charge in [-0.25, -0.2) is 0 Å². The van der Waals surface area contributed by atoms with Crippen molar-refractivity contribution in [2.45, 2.75) is 52.0 Å². The Balaban J connectivity index is 0.00000364. The first-order chi connectivity index (χ1) is 12.5. The summed E-state index contributed by atoms with van der Waals surface area (Å²) in [6.45, 7) is 8.84. The van der Waals surface area contributed by atoms with Gasteiger partial charge < -0.3 is 15.5 Å². The van der Waals surface area contributed by atoms with Crippen LogP contribution < -0.4 is 10.6 Å². The van der Waals surface area contributed by atoms with Gasteiger partial charge in [-0.1, -0.05) is 43.7 Å². The number of carbonyl (C=O) groups excluding carboxylic acids is 1. The molecule has 1 amide bonds. The lowest BCUT2D eigenvalue weighted by molar-refractivity contribution is -0.121. The first-order valence-corrected chi connectivity index (χ1v) is 9.85. The minimum Gasteiger partial charge on any atom is -0.356 e. The molecule has 1 heterocycles. The number of nitrogens with one attached hydrogen (secondary N) is 2. The highest BCUT2D eigenvalue weighted by molar-refractivity contribution is 14.0. The SMILES string of the molecule is CCC1CN(C(=NC)NCCC(=O)NC(C)C)CCC1c1ccccc1.I. The van der Waals surface area contributed by atoms with Gasteiger partial charge in [0.25, 0.3) is 0 Å². The van der Waals surface area contributed by atoms with Gasteiger partial charge in [-0.15, -0.1) is 24.0 Å². The van der Waals surface area contributed by atoms with E-state index >= 15 is 0 Å². The highest BCUT2D eigenvalue weighted by atomic mass is 127. The van der Waals surface area contributed by atoms with Crippen molar-refractivity contribution in [3.05, 3.63) is 35.9 Å². The monoisotopic (exact) mass is 486 g/mol. The Kier molecular flexibility index (Phi) is 10.7. The van der Waals surface area contributed by atoms with Crippen molar-refractivity contribution in [1.82, 2.24) is 15.5 Å². The van der Waals surface area contributed by atoms with Crippen molar-refractivity contribution in [1.29, 1.82) is 0 Å². The van der Waals surface area contributed by atoms with Gasteiger partial charge in [-0.2, -0.15) is 0 Å². The minimum atomic E-state index is 0. The summed E-state index contributed by atoms with van der Waals surface area (Å²) in [7, 11) is 1.82. The molecule has 2 N–H and O–H groups in total. The van der Waals surface area contributed by atoms with Crippen LogP contribution in [0.5, 0.6) is 0 Å². The van der Waals surface area contributed by atoms with Crippen LogP contribution in [0.25, 0.3) is 0 Å². The van der Waals surface area contributed by atoms with E-state index in [1.54, 1.807) is 0 Å². The van der Waals surface area contributed by atoms with E-state index < -0.39 is 0 Å². The van der Waals surface area contributed by atoms with Crippen LogP contribution in [0.1, 0.15) is 51.5 Å². The maximum atomic E-state index is 11.8. The first-order valence-electron chi connectivity index (χ1n) is 9.85. The van der Waals surface area contributed by atoms with Crippen molar-refractivity contribution in [3.8, 4) is 0 Å². The standard InChI is InChI=1S/C21H34N4O.HI/c1-5-17-15-25(14-12-19(17)18-9-7-6-8-10-18)21(22-4)23-13-11-20(26)24-16(2)3;/h6-10,16-17,19H,5,11-15H2,1-4H3,(H,22,23)(H,24,26);1H. The van der Waals surface area contributed by atoms with Gasteiger partial charge in [0.05, 0.1) is 0 Å². The summed E-state index contributed by atoms with van der Waals surface area (Å²) < 4.78 is 0. The third kappa shape index (κ3) is 7.31. The summed E-state index contributed by atoms with van der Waals surface area (Å²) in [5.41, 5.74) is 1.45. The Bertz CT molecular complexity index is 591. The fourth-order valence-electron chi connectivity index (χ4n) is 3.79. The van der Waals surface area contributed by atoms with Gasteiger partial charge in [-0.05, 0) is 37.7 Å². The molecule has 0 saturated carbocycles. The maximum Gasteiger partial charge on any atom is 0.221 e. The zero-order valence-corrected chi connectivity index (χ0v) is 19.4. The van der Waals surface area contributed by atoms with Crippen LogP contribution >= 0.6 is 24.0 Å². The molecule has 1 aromatic carbocycles. The summed E-state index contributed by atoms with van der Waals surface area (Å²) in [6.07, 6.45) is 2.76. The van der Waals surface area contributed by atoms with E-state index in [0.717, 1.165) is 31.9 Å². The van der Waals surface area contributed by atoms with E-state index in [1.807, 2.05) is 20.9 Å². The molecule has 1 aliphatic heterocycles. The Morgan fingerprint density at radius 1 is 1.30 bits per heavy atom. The number of amides is 1. The van der Waals surface area contributed by atoms with E-state index in [4.69, 9.17) is 0 Å². The van der Waals surface area contributed by atoms with Crippen LogP contribution in [0.3, 0.4) is 0 Å². The molecule has 152 valence electrons. The number of hydrogen-bond acceptors (Lipinski definition) is 2. The smallest absolute Gasteiger partial charge is 0.221 e. The average molecular weight is 486 g/mol. The molecule has 2 unspecified atom stereocenters. The van der Waals surface area contributed by atoms with Crippen molar-refractivity contribution < 1.29 is 4.79 Å². The molecule has 1 aromatic rings. The van der Waals surface area contributed by atoms with Crippen molar-refractivity contribution in [3.63, 3.8) is 0 Å². The fourth-order valence-corrected chi connectivity index (χ4v) is 3.79. The highest BCUT2D eigenvalue weighted by Crippen LogP contribution is 2.34. The summed E-state index contributed by atoms with van der Waals surface area (Å²) in [6, 6.07) is 11.0. The summed E-state index contributed by atoms with van der Waals surface area (Å²) in [5.74, 6) is 2.23. The number of aliphatic imine (C=N–C) groups is 1. The maximum absolute atomic E-state index is 11.8. The number of halogens is 1. The van der Waals surface area contributed by atoms with E-state index in [-0.39, 0.29) is 35.9 Å². The van der Waals surface area contributed by atoms with Gasteiger partial charge in [-0.3, -0.25) is 9.79 Å². The van der Waals surface area contributed by atoms with Crippen LogP contribution in [0.4, 0.5) is 0 Å². The van der Waals surface area contributed by atoms with E-state index in [2.05, 4.69) is 57.8 Å². The molecule has 0 spiro atoms. The lowest BCUT2D eigenvalue weighted by Crippen LogP contribution is -2.49. The molecule has 1 saturated heterocycles. The van der Waals surface area contributed by atoms with Crippen LogP contribution in [0, 0.1) is 5.92 Å². The van der Waals surface area contributed by atoms with Crippen molar-refractivity contribution in [2.24, 2.45) is 10.9 Å². The van der Waals surface area contributed by atoms with Gasteiger partial charge in [0.1, 0.15) is 0 Å². The molecule has 0 bridgehead atoms. The molecule has 2 rings (SSSR count). The Morgan fingerprint density at radius 2 is 2.00 bits per heavy atom. The minimum absolute atomic E-state index is 0. The fraction of sp³-hybridized carbons (Fsp3) is 0.619. The molecular weight excluding hydrogens is 451 g/mol. The van der Waals surface area contributed by atoms with E-state index in [1.165, 1.54) is 5.56 Å². The number of benzene rings is 1. The summed E-state index contributed by atoms with van der Waals surface area (Å²) in [4.78, 5) is 18.6. The zero-order chi connectivity index (χ0) is 18.9. The van der Waals surface area contributed by atoms with Crippen LogP contribution in [-0.4, -0.2) is 49.5 Å². The largest absolute Gasteiger partial charge is 0.356 e. The van der Waals surface area contributed by atoms with Gasteiger partial charge in [0.15, 0.2) is 5.96 Å². The van der Waals surface area contributed by atoms with Crippen molar-refractivity contribution >= 4 is 35.8 Å². The number of hydrogen-bond donors (Lipinski definition) is 2. The van der Waals surface area contributed by atoms with Crippen LogP contribution in [0.15, 0.2) is 35.3 Å². The number of guanidine groups is 1. The quantitative estimate of drug-likeness (QED) is 0.367. The summed E-state index contributed by atoms with van der Waals surface area (Å²) >= 11 is 0. The second-order valence-electron chi connectivity index (χ2n) is 7.37. The topological polar surface area (TPSA) is 56.7 Å². The molecule has 1 fully saturated rings. The molecule has 1 aliphatic rings.